The maximum absolute atomic E-state index is 10.3. The van der Waals surface area contributed by atoms with Crippen LogP contribution >= 0.6 is 27.5 Å². The zero-order chi connectivity index (χ0) is 12.4. The summed E-state index contributed by atoms with van der Waals surface area (Å²) in [6.45, 7) is 1.94. The highest BCUT2D eigenvalue weighted by Crippen LogP contribution is 2.30. The molecule has 1 unspecified atom stereocenters. The van der Waals surface area contributed by atoms with Crippen LogP contribution in [0.2, 0.25) is 5.02 Å². The molecule has 0 aliphatic rings. The molecule has 1 N–H and O–H groups in total. The van der Waals surface area contributed by atoms with Gasteiger partial charge in [0.1, 0.15) is 6.10 Å². The van der Waals surface area contributed by atoms with E-state index in [4.69, 9.17) is 11.6 Å². The molecule has 0 aliphatic carbocycles. The summed E-state index contributed by atoms with van der Waals surface area (Å²) in [5.41, 5.74) is 2.42. The average molecular weight is 313 g/mol. The van der Waals surface area contributed by atoms with Gasteiger partial charge in [-0.1, -0.05) is 33.6 Å². The summed E-state index contributed by atoms with van der Waals surface area (Å²) >= 11 is 9.45. The lowest BCUT2D eigenvalue weighted by atomic mass is 10.0. The first kappa shape index (κ1) is 12.6. The maximum Gasteiger partial charge on any atom is 0.107 e. The van der Waals surface area contributed by atoms with Crippen LogP contribution < -0.4 is 0 Å². The molecular weight excluding hydrogens is 302 g/mol. The molecule has 0 amide bonds. The normalized spacial score (nSPS) is 12.5. The van der Waals surface area contributed by atoms with E-state index >= 15 is 0 Å². The smallest absolute Gasteiger partial charge is 0.107 e. The van der Waals surface area contributed by atoms with Crippen LogP contribution in [0, 0.1) is 6.92 Å². The third-order valence-electron chi connectivity index (χ3n) is 2.46. The standard InChI is InChI=1S/C13H11BrClNO/c1-8-4-9(7-16-6-8)13(17)11-5-10(14)2-3-12(11)15/h2-7,13,17H,1H3. The van der Waals surface area contributed by atoms with Crippen molar-refractivity contribution >= 4 is 27.5 Å². The Hall–Kier alpha value is -0.900. The topological polar surface area (TPSA) is 33.1 Å². The molecule has 1 aromatic heterocycles. The molecule has 0 aliphatic heterocycles. The molecule has 0 spiro atoms. The van der Waals surface area contributed by atoms with Crippen LogP contribution in [0.1, 0.15) is 22.8 Å². The molecule has 17 heavy (non-hydrogen) atoms. The van der Waals surface area contributed by atoms with Crippen molar-refractivity contribution in [3.63, 3.8) is 0 Å². The van der Waals surface area contributed by atoms with Crippen molar-refractivity contribution in [3.8, 4) is 0 Å². The summed E-state index contributed by atoms with van der Waals surface area (Å²) in [6, 6.07) is 7.31. The number of hydrogen-bond donors (Lipinski definition) is 1. The van der Waals surface area contributed by atoms with E-state index in [1.165, 1.54) is 0 Å². The first-order valence-electron chi connectivity index (χ1n) is 5.12. The Labute approximate surface area is 113 Å². The lowest BCUT2D eigenvalue weighted by molar-refractivity contribution is 0.220. The minimum Gasteiger partial charge on any atom is -0.384 e. The van der Waals surface area contributed by atoms with Gasteiger partial charge in [0.05, 0.1) is 0 Å². The molecule has 0 saturated carbocycles. The third kappa shape index (κ3) is 2.86. The molecule has 2 aromatic rings. The second-order valence-corrected chi connectivity index (χ2v) is 5.19. The van der Waals surface area contributed by atoms with Crippen molar-refractivity contribution in [2.24, 2.45) is 0 Å². The van der Waals surface area contributed by atoms with Crippen LogP contribution in [0.25, 0.3) is 0 Å². The van der Waals surface area contributed by atoms with Gasteiger partial charge in [-0.15, -0.1) is 0 Å². The fourth-order valence-corrected chi connectivity index (χ4v) is 2.23. The number of pyridine rings is 1. The monoisotopic (exact) mass is 311 g/mol. The number of aryl methyl sites for hydroxylation is 1. The second-order valence-electron chi connectivity index (χ2n) is 3.86. The minimum absolute atomic E-state index is 0.544. The van der Waals surface area contributed by atoms with Gasteiger partial charge in [-0.05, 0) is 30.7 Å². The summed E-state index contributed by atoms with van der Waals surface area (Å²) in [7, 11) is 0. The fourth-order valence-electron chi connectivity index (χ4n) is 1.63. The molecule has 1 atom stereocenters. The van der Waals surface area contributed by atoms with E-state index in [2.05, 4.69) is 20.9 Å². The maximum atomic E-state index is 10.3. The zero-order valence-electron chi connectivity index (χ0n) is 9.19. The van der Waals surface area contributed by atoms with Gasteiger partial charge in [0.15, 0.2) is 0 Å². The Balaban J connectivity index is 2.43. The molecule has 0 fully saturated rings. The first-order valence-corrected chi connectivity index (χ1v) is 6.29. The number of halogens is 2. The van der Waals surface area contributed by atoms with Gasteiger partial charge < -0.3 is 5.11 Å². The van der Waals surface area contributed by atoms with Crippen LogP contribution in [0.5, 0.6) is 0 Å². The van der Waals surface area contributed by atoms with E-state index < -0.39 is 6.10 Å². The molecule has 1 aromatic carbocycles. The van der Waals surface area contributed by atoms with E-state index in [1.54, 1.807) is 18.5 Å². The summed E-state index contributed by atoms with van der Waals surface area (Å²) in [6.07, 6.45) is 2.64. The van der Waals surface area contributed by atoms with Gasteiger partial charge in [0, 0.05) is 33.0 Å². The molecule has 0 radical (unpaired) electrons. The van der Waals surface area contributed by atoms with Crippen molar-refractivity contribution in [2.45, 2.75) is 13.0 Å². The summed E-state index contributed by atoms with van der Waals surface area (Å²) in [5, 5.41) is 10.8. The summed E-state index contributed by atoms with van der Waals surface area (Å²) in [4.78, 5) is 4.07. The Morgan fingerprint density at radius 3 is 2.76 bits per heavy atom. The Morgan fingerprint density at radius 2 is 2.06 bits per heavy atom. The predicted molar refractivity (Wildman–Crippen MR) is 72.2 cm³/mol. The Bertz CT molecular complexity index is 545. The number of hydrogen-bond acceptors (Lipinski definition) is 2. The lowest BCUT2D eigenvalue weighted by Crippen LogP contribution is -2.01. The van der Waals surface area contributed by atoms with Gasteiger partial charge in [0.25, 0.3) is 0 Å². The van der Waals surface area contributed by atoms with E-state index in [1.807, 2.05) is 25.1 Å². The molecule has 88 valence electrons. The second kappa shape index (κ2) is 5.17. The van der Waals surface area contributed by atoms with E-state index in [9.17, 15) is 5.11 Å². The Kier molecular flexibility index (Phi) is 3.82. The molecule has 1 heterocycles. The Morgan fingerprint density at radius 1 is 1.29 bits per heavy atom. The van der Waals surface area contributed by atoms with Crippen LogP contribution in [0.15, 0.2) is 41.1 Å². The zero-order valence-corrected chi connectivity index (χ0v) is 11.5. The molecule has 2 rings (SSSR count). The van der Waals surface area contributed by atoms with Crippen LogP contribution in [-0.4, -0.2) is 10.1 Å². The first-order chi connectivity index (χ1) is 8.08. The SMILES string of the molecule is Cc1cncc(C(O)c2cc(Br)ccc2Cl)c1. The number of rotatable bonds is 2. The highest BCUT2D eigenvalue weighted by molar-refractivity contribution is 9.10. The largest absolute Gasteiger partial charge is 0.384 e. The molecule has 4 heteroatoms. The number of benzene rings is 1. The van der Waals surface area contributed by atoms with Crippen molar-refractivity contribution < 1.29 is 5.11 Å². The predicted octanol–water partition coefficient (Wildman–Crippen LogP) is 3.89. The molecule has 2 nitrogen and oxygen atoms in total. The third-order valence-corrected chi connectivity index (χ3v) is 3.30. The van der Waals surface area contributed by atoms with Crippen molar-refractivity contribution in [1.29, 1.82) is 0 Å². The number of aromatic nitrogens is 1. The van der Waals surface area contributed by atoms with Gasteiger partial charge in [-0.2, -0.15) is 0 Å². The fraction of sp³-hybridized carbons (Fsp3) is 0.154. The van der Waals surface area contributed by atoms with Gasteiger partial charge in [-0.3, -0.25) is 4.98 Å². The van der Waals surface area contributed by atoms with E-state index in [0.717, 1.165) is 15.6 Å². The van der Waals surface area contributed by atoms with Crippen LogP contribution in [-0.2, 0) is 0 Å². The van der Waals surface area contributed by atoms with E-state index in [0.29, 0.717) is 10.6 Å². The van der Waals surface area contributed by atoms with E-state index in [-0.39, 0.29) is 0 Å². The van der Waals surface area contributed by atoms with Crippen LogP contribution in [0.3, 0.4) is 0 Å². The van der Waals surface area contributed by atoms with Crippen molar-refractivity contribution in [1.82, 2.24) is 4.98 Å². The highest BCUT2D eigenvalue weighted by atomic mass is 79.9. The minimum atomic E-state index is -0.757. The average Bonchev–Trinajstić information content (AvgIpc) is 2.31. The van der Waals surface area contributed by atoms with Gasteiger partial charge in [-0.25, -0.2) is 0 Å². The van der Waals surface area contributed by atoms with Gasteiger partial charge in [0.2, 0.25) is 0 Å². The number of aliphatic hydroxyl groups excluding tert-OH is 1. The van der Waals surface area contributed by atoms with Gasteiger partial charge >= 0.3 is 0 Å². The quantitative estimate of drug-likeness (QED) is 0.912. The molecule has 0 saturated heterocycles. The molecular formula is C13H11BrClNO. The highest BCUT2D eigenvalue weighted by Gasteiger charge is 2.14. The number of nitrogens with zero attached hydrogens (tertiary/aromatic N) is 1. The van der Waals surface area contributed by atoms with Crippen molar-refractivity contribution in [3.05, 3.63) is 62.8 Å². The van der Waals surface area contributed by atoms with Crippen LogP contribution in [0.4, 0.5) is 0 Å². The molecule has 0 bridgehead atoms. The summed E-state index contributed by atoms with van der Waals surface area (Å²) < 4.78 is 0.886. The summed E-state index contributed by atoms with van der Waals surface area (Å²) in [5.74, 6) is 0. The lowest BCUT2D eigenvalue weighted by Gasteiger charge is -2.13. The van der Waals surface area contributed by atoms with Crippen molar-refractivity contribution in [2.75, 3.05) is 0 Å². The number of aliphatic hydroxyl groups is 1.